The number of Topliss-reactive ketones (excluding diaryl/α,β-unsaturated/α-hetero) is 1. The van der Waals surface area contributed by atoms with E-state index in [1.165, 1.54) is 0 Å². The zero-order chi connectivity index (χ0) is 11.5. The normalized spacial score (nSPS) is 14.2. The van der Waals surface area contributed by atoms with Crippen molar-refractivity contribution in [1.29, 1.82) is 0 Å². The molecule has 0 aromatic heterocycles. The molecule has 0 atom stereocenters. The second-order valence-electron chi connectivity index (χ2n) is 3.98. The van der Waals surface area contributed by atoms with E-state index in [1.54, 1.807) is 6.92 Å². The predicted octanol–water partition coefficient (Wildman–Crippen LogP) is 1.45. The molecule has 4 nitrogen and oxygen atoms in total. The molecule has 0 radical (unpaired) electrons. The van der Waals surface area contributed by atoms with Crippen molar-refractivity contribution < 1.29 is 9.53 Å². The molecule has 0 amide bonds. The first-order valence-corrected chi connectivity index (χ1v) is 5.44. The van der Waals surface area contributed by atoms with Crippen LogP contribution in [0, 0.1) is 0 Å². The van der Waals surface area contributed by atoms with E-state index >= 15 is 0 Å². The Kier molecular flexibility index (Phi) is 2.99. The van der Waals surface area contributed by atoms with Crippen LogP contribution in [0.1, 0.15) is 13.3 Å². The summed E-state index contributed by atoms with van der Waals surface area (Å²) in [4.78, 5) is 13.1. The quantitative estimate of drug-likeness (QED) is 0.783. The van der Waals surface area contributed by atoms with Crippen LogP contribution in [-0.4, -0.2) is 25.5 Å². The molecule has 4 heteroatoms. The van der Waals surface area contributed by atoms with Gasteiger partial charge in [-0.3, -0.25) is 4.79 Å². The Morgan fingerprint density at radius 3 is 3.12 bits per heavy atom. The van der Waals surface area contributed by atoms with E-state index in [0.29, 0.717) is 25.3 Å². The Bertz CT molecular complexity index is 404. The van der Waals surface area contributed by atoms with Gasteiger partial charge in [-0.05, 0) is 19.1 Å². The zero-order valence-corrected chi connectivity index (χ0v) is 9.40. The maximum Gasteiger partial charge on any atom is 0.144 e. The van der Waals surface area contributed by atoms with Crippen LogP contribution in [0.2, 0.25) is 0 Å². The van der Waals surface area contributed by atoms with Crippen LogP contribution in [0.5, 0.6) is 5.75 Å². The number of para-hydroxylation sites is 1. The van der Waals surface area contributed by atoms with Crippen LogP contribution in [-0.2, 0) is 4.79 Å². The maximum absolute atomic E-state index is 11.0. The molecular weight excluding hydrogens is 204 g/mol. The van der Waals surface area contributed by atoms with Gasteiger partial charge in [0.15, 0.2) is 0 Å². The lowest BCUT2D eigenvalue weighted by molar-refractivity contribution is -0.116. The standard InChI is InChI=1S/C12H16N2O2/c1-9(15)5-6-14-7-8-16-11-4-2-3-10(13)12(11)14/h2-4H,5-8,13H2,1H3. The van der Waals surface area contributed by atoms with Crippen LogP contribution in [0.3, 0.4) is 0 Å². The van der Waals surface area contributed by atoms with Crippen molar-refractivity contribution in [1.82, 2.24) is 0 Å². The smallest absolute Gasteiger partial charge is 0.144 e. The topological polar surface area (TPSA) is 55.6 Å². The SMILES string of the molecule is CC(=O)CCN1CCOc2cccc(N)c21. The summed E-state index contributed by atoms with van der Waals surface area (Å²) >= 11 is 0. The van der Waals surface area contributed by atoms with Gasteiger partial charge in [-0.2, -0.15) is 0 Å². The number of nitrogens with two attached hydrogens (primary N) is 1. The minimum absolute atomic E-state index is 0.197. The molecule has 1 aliphatic heterocycles. The second-order valence-corrected chi connectivity index (χ2v) is 3.98. The van der Waals surface area contributed by atoms with Gasteiger partial charge in [-0.1, -0.05) is 6.07 Å². The molecule has 2 rings (SSSR count). The van der Waals surface area contributed by atoms with Gasteiger partial charge in [-0.15, -0.1) is 0 Å². The molecule has 1 aliphatic rings. The molecule has 86 valence electrons. The molecule has 0 unspecified atom stereocenters. The Hall–Kier alpha value is -1.71. The fourth-order valence-corrected chi connectivity index (χ4v) is 1.89. The summed E-state index contributed by atoms with van der Waals surface area (Å²) in [6, 6.07) is 5.64. The number of carbonyl (C=O) groups excluding carboxylic acids is 1. The Morgan fingerprint density at radius 1 is 1.56 bits per heavy atom. The van der Waals surface area contributed by atoms with Gasteiger partial charge >= 0.3 is 0 Å². The summed E-state index contributed by atoms with van der Waals surface area (Å²) in [6.07, 6.45) is 0.549. The molecule has 2 N–H and O–H groups in total. The fourth-order valence-electron chi connectivity index (χ4n) is 1.89. The number of hydrogen-bond donors (Lipinski definition) is 1. The summed E-state index contributed by atoms with van der Waals surface area (Å²) in [7, 11) is 0. The highest BCUT2D eigenvalue weighted by Gasteiger charge is 2.20. The summed E-state index contributed by atoms with van der Waals surface area (Å²) in [6.45, 7) is 3.75. The number of nitrogen functional groups attached to an aromatic ring is 1. The number of fused-ring (bicyclic) bond motifs is 1. The van der Waals surface area contributed by atoms with Crippen molar-refractivity contribution in [2.24, 2.45) is 0 Å². The minimum atomic E-state index is 0.197. The first-order chi connectivity index (χ1) is 7.68. The van der Waals surface area contributed by atoms with Gasteiger partial charge in [-0.25, -0.2) is 0 Å². The number of anilines is 2. The van der Waals surface area contributed by atoms with Crippen LogP contribution in [0.15, 0.2) is 18.2 Å². The fraction of sp³-hybridized carbons (Fsp3) is 0.417. The number of carbonyl (C=O) groups is 1. The molecule has 0 fully saturated rings. The summed E-state index contributed by atoms with van der Waals surface area (Å²) in [5, 5.41) is 0. The number of ether oxygens (including phenoxy) is 1. The van der Waals surface area contributed by atoms with Gasteiger partial charge in [0, 0.05) is 13.0 Å². The van der Waals surface area contributed by atoms with Crippen molar-refractivity contribution in [3.8, 4) is 5.75 Å². The molecule has 0 saturated heterocycles. The molecular formula is C12H16N2O2. The lowest BCUT2D eigenvalue weighted by atomic mass is 10.2. The van der Waals surface area contributed by atoms with Crippen molar-refractivity contribution in [3.05, 3.63) is 18.2 Å². The second kappa shape index (κ2) is 4.43. The van der Waals surface area contributed by atoms with E-state index in [2.05, 4.69) is 4.90 Å². The zero-order valence-electron chi connectivity index (χ0n) is 9.40. The first-order valence-electron chi connectivity index (χ1n) is 5.44. The highest BCUT2D eigenvalue weighted by Crippen LogP contribution is 2.36. The lowest BCUT2D eigenvalue weighted by Gasteiger charge is -2.32. The average molecular weight is 220 g/mol. The van der Waals surface area contributed by atoms with Crippen LogP contribution >= 0.6 is 0 Å². The van der Waals surface area contributed by atoms with E-state index in [9.17, 15) is 4.79 Å². The number of hydrogen-bond acceptors (Lipinski definition) is 4. The van der Waals surface area contributed by atoms with E-state index in [0.717, 1.165) is 18.0 Å². The van der Waals surface area contributed by atoms with Crippen LogP contribution < -0.4 is 15.4 Å². The van der Waals surface area contributed by atoms with E-state index in [-0.39, 0.29) is 5.78 Å². The molecule has 0 aliphatic carbocycles. The van der Waals surface area contributed by atoms with Gasteiger partial charge in [0.25, 0.3) is 0 Å². The summed E-state index contributed by atoms with van der Waals surface area (Å²) in [5.41, 5.74) is 7.57. The monoisotopic (exact) mass is 220 g/mol. The van der Waals surface area contributed by atoms with Crippen molar-refractivity contribution >= 4 is 17.2 Å². The summed E-state index contributed by atoms with van der Waals surface area (Å²) < 4.78 is 5.53. The molecule has 1 heterocycles. The Morgan fingerprint density at radius 2 is 2.38 bits per heavy atom. The Labute approximate surface area is 95.0 Å². The van der Waals surface area contributed by atoms with Gasteiger partial charge in [0.05, 0.1) is 12.2 Å². The van der Waals surface area contributed by atoms with E-state index in [1.807, 2.05) is 18.2 Å². The van der Waals surface area contributed by atoms with Gasteiger partial charge in [0.2, 0.25) is 0 Å². The highest BCUT2D eigenvalue weighted by atomic mass is 16.5. The first kappa shape index (κ1) is 10.8. The summed E-state index contributed by atoms with van der Waals surface area (Å²) in [5.74, 6) is 1.01. The lowest BCUT2D eigenvalue weighted by Crippen LogP contribution is -2.34. The van der Waals surface area contributed by atoms with E-state index < -0.39 is 0 Å². The average Bonchev–Trinajstić information content (AvgIpc) is 2.26. The molecule has 0 bridgehead atoms. The minimum Gasteiger partial charge on any atom is -0.489 e. The number of nitrogens with zero attached hydrogens (tertiary/aromatic N) is 1. The van der Waals surface area contributed by atoms with Gasteiger partial charge in [0.1, 0.15) is 23.8 Å². The number of rotatable bonds is 3. The third kappa shape index (κ3) is 2.10. The van der Waals surface area contributed by atoms with Crippen LogP contribution in [0.25, 0.3) is 0 Å². The largest absolute Gasteiger partial charge is 0.489 e. The molecule has 16 heavy (non-hydrogen) atoms. The number of ketones is 1. The molecule has 1 aromatic rings. The maximum atomic E-state index is 11.0. The van der Waals surface area contributed by atoms with Crippen molar-refractivity contribution in [3.63, 3.8) is 0 Å². The highest BCUT2D eigenvalue weighted by molar-refractivity contribution is 5.78. The third-order valence-corrected chi connectivity index (χ3v) is 2.70. The molecule has 0 spiro atoms. The van der Waals surface area contributed by atoms with Gasteiger partial charge < -0.3 is 15.4 Å². The van der Waals surface area contributed by atoms with Crippen LogP contribution in [0.4, 0.5) is 11.4 Å². The predicted molar refractivity (Wildman–Crippen MR) is 63.9 cm³/mol. The van der Waals surface area contributed by atoms with Crippen molar-refractivity contribution in [2.75, 3.05) is 30.3 Å². The molecule has 1 aromatic carbocycles. The Balaban J connectivity index is 2.21. The molecule has 0 saturated carbocycles. The van der Waals surface area contributed by atoms with E-state index in [4.69, 9.17) is 10.5 Å². The van der Waals surface area contributed by atoms with Crippen molar-refractivity contribution in [2.45, 2.75) is 13.3 Å². The number of benzene rings is 1. The third-order valence-electron chi connectivity index (χ3n) is 2.70.